The second-order valence-electron chi connectivity index (χ2n) is 11.2. The van der Waals surface area contributed by atoms with Crippen LogP contribution in [-0.4, -0.2) is 39.2 Å². The van der Waals surface area contributed by atoms with Crippen LogP contribution in [0.1, 0.15) is 156 Å². The summed E-state index contributed by atoms with van der Waals surface area (Å²) in [7, 11) is -8.98. The summed E-state index contributed by atoms with van der Waals surface area (Å²) >= 11 is 0. The van der Waals surface area contributed by atoms with Gasteiger partial charge in [-0.2, -0.15) is 0 Å². The van der Waals surface area contributed by atoms with E-state index in [0.29, 0.717) is 12.8 Å². The van der Waals surface area contributed by atoms with E-state index in [1.54, 1.807) is 0 Å². The van der Waals surface area contributed by atoms with Gasteiger partial charge in [-0.05, 0) is 24.7 Å². The van der Waals surface area contributed by atoms with Crippen molar-refractivity contribution < 1.29 is 51.4 Å². The smallest absolute Gasteiger partial charge is 0.726 e. The summed E-state index contributed by atoms with van der Waals surface area (Å²) in [6, 6.07) is 0. The van der Waals surface area contributed by atoms with Crippen LogP contribution in [0.25, 0.3) is 0 Å². The zero-order chi connectivity index (χ0) is 29.1. The van der Waals surface area contributed by atoms with Crippen molar-refractivity contribution in [1.29, 1.82) is 0 Å². The third-order valence-electron chi connectivity index (χ3n) is 6.31. The van der Waals surface area contributed by atoms with E-state index in [4.69, 9.17) is 0 Å². The topological polar surface area (TPSA) is 133 Å². The SMILES string of the molecule is CC(C)CCCCCCCCCCCOS(=O)(=O)[O-].CC(C)CCCCCCCCCCCOS(=O)(=O)[O-].[Cu+2]. The minimum Gasteiger partial charge on any atom is -0.726 e. The molecule has 0 bridgehead atoms. The Morgan fingerprint density at radius 1 is 0.436 bits per heavy atom. The van der Waals surface area contributed by atoms with Crippen molar-refractivity contribution in [3.63, 3.8) is 0 Å². The Kier molecular flexibility index (Phi) is 33.3. The Bertz CT molecular complexity index is 638. The largest absolute Gasteiger partial charge is 2.00 e. The van der Waals surface area contributed by atoms with Gasteiger partial charge in [-0.3, -0.25) is 8.37 Å². The van der Waals surface area contributed by atoms with E-state index in [2.05, 4.69) is 36.1 Å². The van der Waals surface area contributed by atoms with E-state index in [1.165, 1.54) is 89.9 Å². The Morgan fingerprint density at radius 3 is 0.846 bits per heavy atom. The second kappa shape index (κ2) is 29.7. The van der Waals surface area contributed by atoms with E-state index in [0.717, 1.165) is 37.5 Å². The standard InChI is InChI=1S/2C14H30O4S.Cu/c2*1-14(2)12-10-8-6-4-3-5-7-9-11-13-18-19(15,16)17;/h2*14H,3-13H2,1-2H3,(H,15,16,17);/q;;+2/p-2. The summed E-state index contributed by atoms with van der Waals surface area (Å²) in [5.74, 6) is 1.64. The molecular weight excluding hydrogens is 592 g/mol. The first-order valence-electron chi connectivity index (χ1n) is 15.0. The van der Waals surface area contributed by atoms with Crippen LogP contribution in [0.15, 0.2) is 0 Å². The summed E-state index contributed by atoms with van der Waals surface area (Å²) in [6.45, 7) is 9.12. The molecule has 0 aliphatic heterocycles. The van der Waals surface area contributed by atoms with Gasteiger partial charge in [0, 0.05) is 0 Å². The van der Waals surface area contributed by atoms with E-state index in [1.807, 2.05) is 0 Å². The van der Waals surface area contributed by atoms with Crippen molar-refractivity contribution in [2.24, 2.45) is 11.8 Å². The first kappa shape index (κ1) is 43.7. The van der Waals surface area contributed by atoms with Crippen LogP contribution >= 0.6 is 0 Å². The van der Waals surface area contributed by atoms with Crippen LogP contribution in [0.3, 0.4) is 0 Å². The molecule has 0 saturated heterocycles. The molecule has 0 amide bonds. The van der Waals surface area contributed by atoms with Gasteiger partial charge >= 0.3 is 17.1 Å². The van der Waals surface area contributed by atoms with E-state index >= 15 is 0 Å². The normalized spacial score (nSPS) is 11.9. The summed E-state index contributed by atoms with van der Waals surface area (Å²) in [4.78, 5) is 0. The van der Waals surface area contributed by atoms with Gasteiger partial charge in [0.1, 0.15) is 0 Å². The van der Waals surface area contributed by atoms with Crippen LogP contribution in [-0.2, 0) is 46.2 Å². The number of hydrogen-bond donors (Lipinski definition) is 0. The minimum atomic E-state index is -4.49. The molecule has 0 aromatic rings. The maximum absolute atomic E-state index is 10.2. The maximum atomic E-state index is 10.2. The third kappa shape index (κ3) is 48.3. The maximum Gasteiger partial charge on any atom is 2.00 e. The predicted molar refractivity (Wildman–Crippen MR) is 153 cm³/mol. The van der Waals surface area contributed by atoms with Gasteiger partial charge in [-0.25, -0.2) is 16.8 Å². The van der Waals surface area contributed by atoms with Gasteiger partial charge in [-0.1, -0.05) is 143 Å². The molecule has 8 nitrogen and oxygen atoms in total. The van der Waals surface area contributed by atoms with Crippen molar-refractivity contribution in [2.75, 3.05) is 13.2 Å². The molecule has 0 rings (SSSR count). The van der Waals surface area contributed by atoms with Crippen LogP contribution < -0.4 is 0 Å². The first-order valence-corrected chi connectivity index (χ1v) is 17.7. The van der Waals surface area contributed by atoms with E-state index in [-0.39, 0.29) is 30.3 Å². The Hall–Kier alpha value is 0.259. The quantitative estimate of drug-likeness (QED) is 0.0398. The van der Waals surface area contributed by atoms with Gasteiger partial charge in [0.25, 0.3) is 0 Å². The van der Waals surface area contributed by atoms with Crippen LogP contribution in [0.2, 0.25) is 0 Å². The molecular formula is C28H58CuO8S2. The Labute approximate surface area is 252 Å². The molecule has 0 aromatic carbocycles. The number of unbranched alkanes of at least 4 members (excludes halogenated alkanes) is 16. The van der Waals surface area contributed by atoms with Gasteiger partial charge < -0.3 is 9.11 Å². The molecule has 0 heterocycles. The fraction of sp³-hybridized carbons (Fsp3) is 1.00. The van der Waals surface area contributed by atoms with E-state index in [9.17, 15) is 25.9 Å². The van der Waals surface area contributed by atoms with Crippen molar-refractivity contribution in [3.8, 4) is 0 Å². The average molecular weight is 650 g/mol. The fourth-order valence-electron chi connectivity index (χ4n) is 4.11. The van der Waals surface area contributed by atoms with Gasteiger partial charge in [0.05, 0.1) is 13.2 Å². The first-order chi connectivity index (χ1) is 17.8. The van der Waals surface area contributed by atoms with Crippen LogP contribution in [0.5, 0.6) is 0 Å². The van der Waals surface area contributed by atoms with Crippen molar-refractivity contribution >= 4 is 20.8 Å². The number of hydrogen-bond acceptors (Lipinski definition) is 8. The van der Waals surface area contributed by atoms with Crippen LogP contribution in [0, 0.1) is 11.8 Å². The molecule has 39 heavy (non-hydrogen) atoms. The second-order valence-corrected chi connectivity index (χ2v) is 13.3. The zero-order valence-electron chi connectivity index (χ0n) is 25.1. The Balaban J connectivity index is -0.000000648. The summed E-state index contributed by atoms with van der Waals surface area (Å²) in [5, 5.41) is 0. The molecule has 0 atom stereocenters. The molecule has 0 unspecified atom stereocenters. The van der Waals surface area contributed by atoms with E-state index < -0.39 is 20.8 Å². The zero-order valence-corrected chi connectivity index (χ0v) is 27.7. The molecule has 0 aliphatic carbocycles. The Morgan fingerprint density at radius 2 is 0.641 bits per heavy atom. The minimum absolute atomic E-state index is 0. The molecule has 11 heteroatoms. The predicted octanol–water partition coefficient (Wildman–Crippen LogP) is 8.04. The third-order valence-corrected chi connectivity index (χ3v) is 7.22. The molecule has 0 aromatic heterocycles. The molecule has 0 spiro atoms. The van der Waals surface area contributed by atoms with Crippen LogP contribution in [0.4, 0.5) is 0 Å². The molecule has 0 N–H and O–H groups in total. The molecule has 0 saturated carbocycles. The summed E-state index contributed by atoms with van der Waals surface area (Å²) in [5.41, 5.74) is 0. The van der Waals surface area contributed by atoms with Gasteiger partial charge in [-0.15, -0.1) is 0 Å². The van der Waals surface area contributed by atoms with Crippen molar-refractivity contribution in [2.45, 2.75) is 156 Å². The van der Waals surface area contributed by atoms with Crippen molar-refractivity contribution in [1.82, 2.24) is 0 Å². The molecule has 1 radical (unpaired) electrons. The number of rotatable bonds is 26. The average Bonchev–Trinajstić information content (AvgIpc) is 2.79. The van der Waals surface area contributed by atoms with Crippen molar-refractivity contribution in [3.05, 3.63) is 0 Å². The fourth-order valence-corrected chi connectivity index (χ4v) is 4.75. The monoisotopic (exact) mass is 649 g/mol. The van der Waals surface area contributed by atoms with Gasteiger partial charge in [0.15, 0.2) is 0 Å². The summed E-state index contributed by atoms with van der Waals surface area (Å²) < 4.78 is 69.2. The molecule has 241 valence electrons. The summed E-state index contributed by atoms with van der Waals surface area (Å²) in [6.07, 6.45) is 23.5. The molecule has 0 fully saturated rings. The van der Waals surface area contributed by atoms with Gasteiger partial charge in [0.2, 0.25) is 20.8 Å². The molecule has 0 aliphatic rings.